The molecule has 0 saturated heterocycles. The molecule has 39 heavy (non-hydrogen) atoms. The summed E-state index contributed by atoms with van der Waals surface area (Å²) in [6, 6.07) is 14.0. The van der Waals surface area contributed by atoms with Gasteiger partial charge in [-0.3, -0.25) is 9.59 Å². The first-order chi connectivity index (χ1) is 18.8. The van der Waals surface area contributed by atoms with Crippen molar-refractivity contribution in [1.82, 2.24) is 0 Å². The van der Waals surface area contributed by atoms with Gasteiger partial charge in [0.15, 0.2) is 5.17 Å². The Kier molecular flexibility index (Phi) is 9.24. The largest absolute Gasteiger partial charge is 0.493 e. The number of halogens is 1. The minimum atomic E-state index is -1.08. The predicted molar refractivity (Wildman–Crippen MR) is 154 cm³/mol. The predicted octanol–water partition coefficient (Wildman–Crippen LogP) is 7.22. The number of aliphatic carboxylic acids is 1. The number of carboxylic acid groups (broad SMARTS) is 1. The highest BCUT2D eigenvalue weighted by Crippen LogP contribution is 2.37. The van der Waals surface area contributed by atoms with Gasteiger partial charge in [0.05, 0.1) is 24.0 Å². The number of nitrogens with one attached hydrogen (secondary N) is 1. The number of nitrogens with zero attached hydrogens (tertiary/aromatic N) is 1. The molecule has 1 aliphatic rings. The molecule has 3 aromatic carbocycles. The van der Waals surface area contributed by atoms with Crippen molar-refractivity contribution in [3.05, 3.63) is 70.4 Å². The van der Waals surface area contributed by atoms with E-state index >= 15 is 0 Å². The number of fused-ring (bicyclic) bond motifs is 1. The monoisotopic (exact) mass is 550 g/mol. The fourth-order valence-electron chi connectivity index (χ4n) is 4.22. The number of ether oxygens (including phenoxy) is 2. The SMILES string of the molecule is CCCOc1cc2c(OCCC)cccc2cc1C=C1SC(Nc2ccc(C(CC)C(=O)O)c(F)c2)=NC1=O. The second-order valence-corrected chi connectivity index (χ2v) is 10.1. The Morgan fingerprint density at radius 1 is 1.08 bits per heavy atom. The van der Waals surface area contributed by atoms with Crippen molar-refractivity contribution in [2.75, 3.05) is 18.5 Å². The summed E-state index contributed by atoms with van der Waals surface area (Å²) in [5.74, 6) is -1.62. The lowest BCUT2D eigenvalue weighted by Gasteiger charge is -2.14. The summed E-state index contributed by atoms with van der Waals surface area (Å²) in [6.07, 6.45) is 3.75. The molecule has 0 spiro atoms. The van der Waals surface area contributed by atoms with Crippen molar-refractivity contribution in [3.63, 3.8) is 0 Å². The van der Waals surface area contributed by atoms with Crippen LogP contribution in [0.3, 0.4) is 0 Å². The molecular formula is C30H31FN2O5S. The van der Waals surface area contributed by atoms with Gasteiger partial charge in [-0.05, 0) is 72.8 Å². The van der Waals surface area contributed by atoms with Gasteiger partial charge in [-0.25, -0.2) is 4.39 Å². The van der Waals surface area contributed by atoms with Crippen molar-refractivity contribution in [2.24, 2.45) is 4.99 Å². The summed E-state index contributed by atoms with van der Waals surface area (Å²) in [7, 11) is 0. The lowest BCUT2D eigenvalue weighted by Crippen LogP contribution is -2.13. The molecule has 0 aromatic heterocycles. The maximum absolute atomic E-state index is 14.7. The van der Waals surface area contributed by atoms with Gasteiger partial charge in [-0.1, -0.05) is 39.0 Å². The molecule has 2 N–H and O–H groups in total. The molecule has 9 heteroatoms. The van der Waals surface area contributed by atoms with E-state index in [4.69, 9.17) is 9.47 Å². The number of hydrogen-bond acceptors (Lipinski definition) is 6. The topological polar surface area (TPSA) is 97.2 Å². The first-order valence-electron chi connectivity index (χ1n) is 13.0. The number of aliphatic imine (C=N–C) groups is 1. The normalized spacial score (nSPS) is 14.9. The van der Waals surface area contributed by atoms with Crippen molar-refractivity contribution < 1.29 is 28.6 Å². The number of hydrogen-bond donors (Lipinski definition) is 2. The highest BCUT2D eigenvalue weighted by molar-refractivity contribution is 8.18. The number of amidine groups is 1. The van der Waals surface area contributed by atoms with Crippen molar-refractivity contribution in [1.29, 1.82) is 0 Å². The number of rotatable bonds is 11. The highest BCUT2D eigenvalue weighted by atomic mass is 32.2. The summed E-state index contributed by atoms with van der Waals surface area (Å²) in [5, 5.41) is 14.5. The van der Waals surface area contributed by atoms with E-state index in [0.29, 0.717) is 34.7 Å². The molecule has 0 radical (unpaired) electrons. The van der Waals surface area contributed by atoms with E-state index in [0.717, 1.165) is 46.7 Å². The molecular weight excluding hydrogens is 519 g/mol. The van der Waals surface area contributed by atoms with Crippen LogP contribution in [0.25, 0.3) is 16.8 Å². The molecule has 1 aliphatic heterocycles. The molecule has 3 aromatic rings. The van der Waals surface area contributed by atoms with Crippen LogP contribution >= 0.6 is 11.8 Å². The molecule has 204 valence electrons. The van der Waals surface area contributed by atoms with Gasteiger partial charge >= 0.3 is 5.97 Å². The third-order valence-electron chi connectivity index (χ3n) is 6.13. The summed E-state index contributed by atoms with van der Waals surface area (Å²) >= 11 is 1.14. The number of thioether (sulfide) groups is 1. The summed E-state index contributed by atoms with van der Waals surface area (Å²) < 4.78 is 26.6. The van der Waals surface area contributed by atoms with Gasteiger partial charge in [0.25, 0.3) is 5.91 Å². The van der Waals surface area contributed by atoms with E-state index in [1.54, 1.807) is 19.1 Å². The van der Waals surface area contributed by atoms with E-state index in [1.807, 2.05) is 37.3 Å². The van der Waals surface area contributed by atoms with Crippen molar-refractivity contribution in [2.45, 2.75) is 46.0 Å². The van der Waals surface area contributed by atoms with E-state index in [-0.39, 0.29) is 12.0 Å². The zero-order valence-corrected chi connectivity index (χ0v) is 22.9. The van der Waals surface area contributed by atoms with E-state index in [2.05, 4.69) is 17.2 Å². The van der Waals surface area contributed by atoms with Crippen LogP contribution in [0.5, 0.6) is 11.5 Å². The Morgan fingerprint density at radius 2 is 1.82 bits per heavy atom. The molecule has 0 aliphatic carbocycles. The second kappa shape index (κ2) is 12.8. The summed E-state index contributed by atoms with van der Waals surface area (Å²) in [4.78, 5) is 28.6. The molecule has 0 bridgehead atoms. The van der Waals surface area contributed by atoms with Crippen LogP contribution < -0.4 is 14.8 Å². The molecule has 1 heterocycles. The highest BCUT2D eigenvalue weighted by Gasteiger charge is 2.25. The second-order valence-electron chi connectivity index (χ2n) is 9.06. The van der Waals surface area contributed by atoms with Crippen molar-refractivity contribution >= 4 is 51.3 Å². The maximum Gasteiger partial charge on any atom is 0.311 e. The van der Waals surface area contributed by atoms with E-state index in [9.17, 15) is 19.1 Å². The molecule has 1 atom stereocenters. The average Bonchev–Trinajstić information content (AvgIpc) is 3.25. The number of carbonyl (C=O) groups is 2. The van der Waals surface area contributed by atoms with Gasteiger partial charge in [-0.2, -0.15) is 4.99 Å². The van der Waals surface area contributed by atoms with Crippen LogP contribution in [-0.2, 0) is 9.59 Å². The molecule has 0 fully saturated rings. The van der Waals surface area contributed by atoms with Crippen LogP contribution in [0.15, 0.2) is 58.4 Å². The van der Waals surface area contributed by atoms with Crippen LogP contribution in [-0.4, -0.2) is 35.4 Å². The maximum atomic E-state index is 14.7. The Hall–Kier alpha value is -3.85. The summed E-state index contributed by atoms with van der Waals surface area (Å²) in [5.41, 5.74) is 1.23. The first kappa shape index (κ1) is 28.2. The third-order valence-corrected chi connectivity index (χ3v) is 7.03. The number of amides is 1. The van der Waals surface area contributed by atoms with E-state index < -0.39 is 23.6 Å². The Labute approximate surface area is 231 Å². The third kappa shape index (κ3) is 6.60. The molecule has 1 amide bonds. The zero-order valence-electron chi connectivity index (χ0n) is 22.1. The van der Waals surface area contributed by atoms with Crippen LogP contribution in [0.2, 0.25) is 0 Å². The fourth-order valence-corrected chi connectivity index (χ4v) is 5.05. The van der Waals surface area contributed by atoms with Gasteiger partial charge < -0.3 is 19.9 Å². The Bertz CT molecular complexity index is 1450. The lowest BCUT2D eigenvalue weighted by atomic mass is 9.96. The van der Waals surface area contributed by atoms with Gasteiger partial charge in [-0.15, -0.1) is 0 Å². The van der Waals surface area contributed by atoms with Crippen LogP contribution in [0.1, 0.15) is 57.1 Å². The minimum absolute atomic E-state index is 0.118. The molecule has 7 nitrogen and oxygen atoms in total. The quantitative estimate of drug-likeness (QED) is 0.243. The fraction of sp³-hybridized carbons (Fsp3) is 0.300. The van der Waals surface area contributed by atoms with Gasteiger partial charge in [0.2, 0.25) is 0 Å². The lowest BCUT2D eigenvalue weighted by molar-refractivity contribution is -0.139. The number of carbonyl (C=O) groups excluding carboxylic acids is 1. The minimum Gasteiger partial charge on any atom is -0.493 e. The standard InChI is InChI=1S/C30H31FN2O5S/c1-4-12-37-25-9-7-8-18-14-19(26(17-23(18)25)38-13-5-2)15-27-28(34)33-30(39-27)32-20-10-11-22(24(31)16-20)21(6-3)29(35)36/h7-11,14-17,21H,4-6,12-13H2,1-3H3,(H,35,36)(H,32,33,34). The zero-order chi connectivity index (χ0) is 27.9. The van der Waals surface area contributed by atoms with Crippen molar-refractivity contribution in [3.8, 4) is 11.5 Å². The molecule has 0 saturated carbocycles. The number of benzene rings is 3. The van der Waals surface area contributed by atoms with Gasteiger partial charge in [0, 0.05) is 22.2 Å². The summed E-state index contributed by atoms with van der Waals surface area (Å²) in [6.45, 7) is 6.91. The molecule has 1 unspecified atom stereocenters. The van der Waals surface area contributed by atoms with E-state index in [1.165, 1.54) is 12.1 Å². The smallest absolute Gasteiger partial charge is 0.311 e. The number of anilines is 1. The first-order valence-corrected chi connectivity index (χ1v) is 13.8. The average molecular weight is 551 g/mol. The molecule has 4 rings (SSSR count). The number of carboxylic acids is 1. The van der Waals surface area contributed by atoms with Gasteiger partial charge in [0.1, 0.15) is 17.3 Å². The Morgan fingerprint density at radius 3 is 2.49 bits per heavy atom. The van der Waals surface area contributed by atoms with Crippen LogP contribution in [0.4, 0.5) is 10.1 Å². The Balaban J connectivity index is 1.58. The van der Waals surface area contributed by atoms with Crippen LogP contribution in [0, 0.1) is 5.82 Å².